The van der Waals surface area contributed by atoms with Crippen LogP contribution in [-0.4, -0.2) is 49.1 Å². The van der Waals surface area contributed by atoms with E-state index in [1.807, 2.05) is 13.8 Å². The van der Waals surface area contributed by atoms with Crippen molar-refractivity contribution in [1.82, 2.24) is 10.2 Å². The highest BCUT2D eigenvalue weighted by Gasteiger charge is 2.32. The zero-order chi connectivity index (χ0) is 15.1. The van der Waals surface area contributed by atoms with E-state index in [2.05, 4.69) is 19.2 Å². The molecule has 1 fully saturated rings. The number of carbonyl (C=O) groups is 2. The maximum atomic E-state index is 12.5. The number of nitrogens with zero attached hydrogens (tertiary/aromatic N) is 1. The quantitative estimate of drug-likeness (QED) is 0.719. The number of ether oxygens (including phenoxy) is 1. The van der Waals surface area contributed by atoms with Crippen LogP contribution in [0.25, 0.3) is 0 Å². The van der Waals surface area contributed by atoms with Crippen molar-refractivity contribution >= 4 is 11.8 Å². The summed E-state index contributed by atoms with van der Waals surface area (Å²) >= 11 is 0. The van der Waals surface area contributed by atoms with Crippen LogP contribution < -0.4 is 5.32 Å². The molecule has 0 saturated carbocycles. The summed E-state index contributed by atoms with van der Waals surface area (Å²) in [5.41, 5.74) is 0. The average Bonchev–Trinajstić information content (AvgIpc) is 2.54. The van der Waals surface area contributed by atoms with Gasteiger partial charge in [-0.05, 0) is 11.8 Å². The summed E-state index contributed by atoms with van der Waals surface area (Å²) in [5, 5.41) is 2.85. The average molecular weight is 284 g/mol. The van der Waals surface area contributed by atoms with Crippen molar-refractivity contribution < 1.29 is 14.3 Å². The zero-order valence-corrected chi connectivity index (χ0v) is 13.1. The van der Waals surface area contributed by atoms with E-state index in [0.717, 1.165) is 6.42 Å². The van der Waals surface area contributed by atoms with Crippen molar-refractivity contribution in [3.8, 4) is 0 Å². The van der Waals surface area contributed by atoms with Crippen molar-refractivity contribution in [2.24, 2.45) is 11.8 Å². The fourth-order valence-corrected chi connectivity index (χ4v) is 2.19. The molecular formula is C15H28N2O3. The van der Waals surface area contributed by atoms with E-state index < -0.39 is 0 Å². The molecule has 0 aromatic carbocycles. The maximum Gasteiger partial charge on any atom is 0.245 e. The second-order valence-electron chi connectivity index (χ2n) is 5.97. The summed E-state index contributed by atoms with van der Waals surface area (Å²) in [7, 11) is 0. The third kappa shape index (κ3) is 5.12. The predicted molar refractivity (Wildman–Crippen MR) is 78.2 cm³/mol. The molecule has 2 atom stereocenters. The summed E-state index contributed by atoms with van der Waals surface area (Å²) in [5.74, 6) is 0.641. The highest BCUT2D eigenvalue weighted by atomic mass is 16.5. The van der Waals surface area contributed by atoms with Crippen molar-refractivity contribution in [2.45, 2.75) is 46.6 Å². The van der Waals surface area contributed by atoms with E-state index in [-0.39, 0.29) is 23.8 Å². The molecule has 0 spiro atoms. The molecule has 116 valence electrons. The Bertz CT molecular complexity index is 331. The van der Waals surface area contributed by atoms with Crippen LogP contribution >= 0.6 is 0 Å². The van der Waals surface area contributed by atoms with E-state index in [1.54, 1.807) is 4.90 Å². The highest BCUT2D eigenvalue weighted by Crippen LogP contribution is 2.14. The Morgan fingerprint density at radius 3 is 2.65 bits per heavy atom. The minimum atomic E-state index is -0.389. The molecule has 2 amide bonds. The van der Waals surface area contributed by atoms with Crippen LogP contribution in [0.1, 0.15) is 40.5 Å². The van der Waals surface area contributed by atoms with Crippen molar-refractivity contribution in [3.63, 3.8) is 0 Å². The molecule has 5 nitrogen and oxygen atoms in total. The Balaban J connectivity index is 2.56. The minimum Gasteiger partial charge on any atom is -0.379 e. The largest absolute Gasteiger partial charge is 0.379 e. The normalized spacial score (nSPS) is 21.9. The third-order valence-electron chi connectivity index (χ3n) is 3.67. The number of nitrogens with one attached hydrogen (secondary N) is 1. The van der Waals surface area contributed by atoms with E-state index in [1.165, 1.54) is 0 Å². The summed E-state index contributed by atoms with van der Waals surface area (Å²) in [4.78, 5) is 25.9. The molecule has 1 aliphatic rings. The van der Waals surface area contributed by atoms with Crippen LogP contribution in [0, 0.1) is 11.8 Å². The first-order valence-corrected chi connectivity index (χ1v) is 7.61. The molecule has 0 aromatic heterocycles. The van der Waals surface area contributed by atoms with Gasteiger partial charge in [0.05, 0.1) is 6.61 Å². The monoisotopic (exact) mass is 284 g/mol. The van der Waals surface area contributed by atoms with Crippen LogP contribution in [0.4, 0.5) is 0 Å². The molecule has 0 radical (unpaired) electrons. The fourth-order valence-electron chi connectivity index (χ4n) is 2.19. The molecule has 0 aliphatic carbocycles. The summed E-state index contributed by atoms with van der Waals surface area (Å²) in [6.07, 6.45) is 1.25. The lowest BCUT2D eigenvalue weighted by Crippen LogP contribution is -2.49. The smallest absolute Gasteiger partial charge is 0.245 e. The predicted octanol–water partition coefficient (Wildman–Crippen LogP) is 1.42. The SMILES string of the molecule is CCC(C)C1NC(=O)CCN(CCOCC(C)C)C1=O. The summed E-state index contributed by atoms with van der Waals surface area (Å²) < 4.78 is 5.54. The number of rotatable bonds is 7. The Morgan fingerprint density at radius 1 is 1.35 bits per heavy atom. The lowest BCUT2D eigenvalue weighted by Gasteiger charge is -2.27. The standard InChI is InChI=1S/C15H28N2O3/c1-5-12(4)14-15(19)17(7-6-13(18)16-14)8-9-20-10-11(2)3/h11-12,14H,5-10H2,1-4H3,(H,16,18). The van der Waals surface area contributed by atoms with Gasteiger partial charge in [-0.1, -0.05) is 34.1 Å². The first-order chi connectivity index (χ1) is 9.45. The minimum absolute atomic E-state index is 0.0262. The van der Waals surface area contributed by atoms with Gasteiger partial charge in [0.25, 0.3) is 0 Å². The second-order valence-corrected chi connectivity index (χ2v) is 5.97. The van der Waals surface area contributed by atoms with Crippen molar-refractivity contribution in [2.75, 3.05) is 26.3 Å². The topological polar surface area (TPSA) is 58.6 Å². The molecule has 1 aliphatic heterocycles. The Kier molecular flexibility index (Phi) is 6.99. The van der Waals surface area contributed by atoms with Crippen LogP contribution in [-0.2, 0) is 14.3 Å². The van der Waals surface area contributed by atoms with Gasteiger partial charge in [-0.25, -0.2) is 0 Å². The van der Waals surface area contributed by atoms with Crippen LogP contribution in [0.5, 0.6) is 0 Å². The lowest BCUT2D eigenvalue weighted by molar-refractivity contribution is -0.135. The Hall–Kier alpha value is -1.10. The van der Waals surface area contributed by atoms with E-state index >= 15 is 0 Å². The maximum absolute atomic E-state index is 12.5. The van der Waals surface area contributed by atoms with Crippen LogP contribution in [0.2, 0.25) is 0 Å². The fraction of sp³-hybridized carbons (Fsp3) is 0.867. The molecule has 20 heavy (non-hydrogen) atoms. The zero-order valence-electron chi connectivity index (χ0n) is 13.1. The van der Waals surface area contributed by atoms with Gasteiger partial charge in [0.2, 0.25) is 11.8 Å². The Morgan fingerprint density at radius 2 is 2.05 bits per heavy atom. The molecule has 2 unspecified atom stereocenters. The number of carbonyl (C=O) groups excluding carboxylic acids is 2. The van der Waals surface area contributed by atoms with Gasteiger partial charge >= 0.3 is 0 Å². The highest BCUT2D eigenvalue weighted by molar-refractivity contribution is 5.90. The van der Waals surface area contributed by atoms with Gasteiger partial charge < -0.3 is 15.0 Å². The second kappa shape index (κ2) is 8.25. The van der Waals surface area contributed by atoms with Crippen molar-refractivity contribution in [1.29, 1.82) is 0 Å². The van der Waals surface area contributed by atoms with Gasteiger partial charge in [0.1, 0.15) is 6.04 Å². The number of amides is 2. The lowest BCUT2D eigenvalue weighted by atomic mass is 9.98. The number of hydrogen-bond acceptors (Lipinski definition) is 3. The third-order valence-corrected chi connectivity index (χ3v) is 3.67. The van der Waals surface area contributed by atoms with Gasteiger partial charge in [0, 0.05) is 26.1 Å². The number of hydrogen-bond donors (Lipinski definition) is 1. The summed E-state index contributed by atoms with van der Waals surface area (Å²) in [6, 6.07) is -0.389. The molecule has 1 saturated heterocycles. The van der Waals surface area contributed by atoms with E-state index in [0.29, 0.717) is 38.6 Å². The van der Waals surface area contributed by atoms with Gasteiger partial charge in [0.15, 0.2) is 0 Å². The van der Waals surface area contributed by atoms with Gasteiger partial charge in [-0.3, -0.25) is 9.59 Å². The molecule has 1 rings (SSSR count). The summed E-state index contributed by atoms with van der Waals surface area (Å²) in [6.45, 7) is 10.5. The first kappa shape index (κ1) is 17.0. The molecule has 0 bridgehead atoms. The van der Waals surface area contributed by atoms with Crippen molar-refractivity contribution in [3.05, 3.63) is 0 Å². The molecule has 1 heterocycles. The molecule has 1 N–H and O–H groups in total. The molecule has 0 aromatic rings. The molecule has 5 heteroatoms. The van der Waals surface area contributed by atoms with E-state index in [9.17, 15) is 9.59 Å². The van der Waals surface area contributed by atoms with Gasteiger partial charge in [-0.15, -0.1) is 0 Å². The first-order valence-electron chi connectivity index (χ1n) is 7.61. The Labute approximate surface area is 122 Å². The van der Waals surface area contributed by atoms with E-state index in [4.69, 9.17) is 4.74 Å². The van der Waals surface area contributed by atoms with Gasteiger partial charge in [-0.2, -0.15) is 0 Å². The van der Waals surface area contributed by atoms with Crippen LogP contribution in [0.3, 0.4) is 0 Å². The molecular weight excluding hydrogens is 256 g/mol. The van der Waals surface area contributed by atoms with Crippen LogP contribution in [0.15, 0.2) is 0 Å².